The maximum absolute atomic E-state index is 12.3. The molecule has 1 aliphatic heterocycles. The lowest BCUT2D eigenvalue weighted by Gasteiger charge is -2.26. The van der Waals surface area contributed by atoms with E-state index in [9.17, 15) is 4.79 Å². The second-order valence-electron chi connectivity index (χ2n) is 5.68. The zero-order valence-corrected chi connectivity index (χ0v) is 15.1. The fourth-order valence-corrected chi connectivity index (χ4v) is 3.24. The van der Waals surface area contributed by atoms with Gasteiger partial charge in [-0.05, 0) is 38.8 Å². The van der Waals surface area contributed by atoms with Crippen molar-refractivity contribution < 1.29 is 4.79 Å². The van der Waals surface area contributed by atoms with Gasteiger partial charge in [-0.25, -0.2) is 4.98 Å². The number of fused-ring (bicyclic) bond motifs is 1. The largest absolute Gasteiger partial charge is 0.331 e. The molecule has 0 spiro atoms. The van der Waals surface area contributed by atoms with Crippen LogP contribution >= 0.6 is 24.8 Å². The third-order valence-electron chi connectivity index (χ3n) is 4.22. The Balaban J connectivity index is 0.00000132. The molecule has 1 unspecified atom stereocenters. The second-order valence-corrected chi connectivity index (χ2v) is 5.68. The van der Waals surface area contributed by atoms with Crippen LogP contribution in [0.15, 0.2) is 24.3 Å². The molecule has 3 rings (SSSR count). The van der Waals surface area contributed by atoms with E-state index in [4.69, 9.17) is 10.7 Å². The molecular weight excluding hydrogens is 335 g/mol. The van der Waals surface area contributed by atoms with Gasteiger partial charge in [0.05, 0.1) is 23.1 Å². The number of aryl methyl sites for hydroxylation is 1. The molecule has 128 valence electrons. The summed E-state index contributed by atoms with van der Waals surface area (Å²) in [4.78, 5) is 19.0. The van der Waals surface area contributed by atoms with E-state index in [1.165, 1.54) is 0 Å². The summed E-state index contributed by atoms with van der Waals surface area (Å²) in [5.41, 5.74) is 7.91. The van der Waals surface area contributed by atoms with E-state index >= 15 is 0 Å². The Kier molecular flexibility index (Phi) is 6.86. The third kappa shape index (κ3) is 3.47. The van der Waals surface area contributed by atoms with Gasteiger partial charge in [0.1, 0.15) is 5.82 Å². The van der Waals surface area contributed by atoms with Crippen LogP contribution in [0.1, 0.15) is 38.6 Å². The molecule has 0 radical (unpaired) electrons. The average Bonchev–Trinajstić information content (AvgIpc) is 3.09. The van der Waals surface area contributed by atoms with Gasteiger partial charge in [0.2, 0.25) is 5.91 Å². The number of hydrogen-bond acceptors (Lipinski definition) is 3. The molecule has 0 saturated carbocycles. The summed E-state index contributed by atoms with van der Waals surface area (Å²) in [5, 5.41) is 0. The SMILES string of the molecule is CCn1c(C2CCCN2C(=O)[C@@H](C)N)nc2ccccc21.Cl.Cl. The molecule has 5 nitrogen and oxygen atoms in total. The van der Waals surface area contributed by atoms with E-state index in [1.54, 1.807) is 6.92 Å². The van der Waals surface area contributed by atoms with Crippen LogP contribution in [-0.2, 0) is 11.3 Å². The van der Waals surface area contributed by atoms with Crippen molar-refractivity contribution in [1.82, 2.24) is 14.5 Å². The van der Waals surface area contributed by atoms with E-state index in [0.717, 1.165) is 42.8 Å². The van der Waals surface area contributed by atoms with Crippen LogP contribution in [0.5, 0.6) is 0 Å². The highest BCUT2D eigenvalue weighted by Gasteiger charge is 2.34. The Hall–Kier alpha value is -1.30. The normalized spacial score (nSPS) is 18.4. The van der Waals surface area contributed by atoms with E-state index in [2.05, 4.69) is 17.6 Å². The molecule has 1 fully saturated rings. The molecule has 1 amide bonds. The first-order valence-electron chi connectivity index (χ1n) is 7.64. The van der Waals surface area contributed by atoms with Gasteiger partial charge in [-0.15, -0.1) is 24.8 Å². The molecule has 0 bridgehead atoms. The summed E-state index contributed by atoms with van der Waals surface area (Å²) in [6.07, 6.45) is 1.97. The summed E-state index contributed by atoms with van der Waals surface area (Å²) in [7, 11) is 0. The summed E-state index contributed by atoms with van der Waals surface area (Å²) in [6, 6.07) is 7.73. The number of carbonyl (C=O) groups excluding carboxylic acids is 1. The Labute approximate surface area is 149 Å². The van der Waals surface area contributed by atoms with Gasteiger partial charge < -0.3 is 15.2 Å². The first-order valence-corrected chi connectivity index (χ1v) is 7.64. The first-order chi connectivity index (χ1) is 10.1. The van der Waals surface area contributed by atoms with Crippen molar-refractivity contribution in [1.29, 1.82) is 0 Å². The lowest BCUT2D eigenvalue weighted by molar-refractivity contribution is -0.133. The lowest BCUT2D eigenvalue weighted by Crippen LogP contribution is -2.42. The van der Waals surface area contributed by atoms with Gasteiger partial charge in [0.25, 0.3) is 0 Å². The van der Waals surface area contributed by atoms with E-state index in [1.807, 2.05) is 23.1 Å². The summed E-state index contributed by atoms with van der Waals surface area (Å²) in [5.74, 6) is 1.01. The molecule has 2 N–H and O–H groups in total. The number of nitrogens with two attached hydrogens (primary N) is 1. The molecule has 2 atom stereocenters. The maximum Gasteiger partial charge on any atom is 0.239 e. The minimum Gasteiger partial charge on any atom is -0.331 e. The number of rotatable bonds is 3. The number of carbonyl (C=O) groups is 1. The van der Waals surface area contributed by atoms with Gasteiger partial charge in [0, 0.05) is 13.1 Å². The van der Waals surface area contributed by atoms with Crippen molar-refractivity contribution >= 4 is 41.8 Å². The van der Waals surface area contributed by atoms with Crippen molar-refractivity contribution in [3.63, 3.8) is 0 Å². The van der Waals surface area contributed by atoms with Crippen LogP contribution in [0, 0.1) is 0 Å². The molecule has 1 aliphatic rings. The van der Waals surface area contributed by atoms with Crippen LogP contribution in [0.4, 0.5) is 0 Å². The molecule has 1 aromatic heterocycles. The molecule has 2 heterocycles. The second kappa shape index (κ2) is 7.99. The number of aromatic nitrogens is 2. The summed E-state index contributed by atoms with van der Waals surface area (Å²) >= 11 is 0. The smallest absolute Gasteiger partial charge is 0.239 e. The van der Waals surface area contributed by atoms with Crippen LogP contribution in [0.25, 0.3) is 11.0 Å². The van der Waals surface area contributed by atoms with E-state index in [-0.39, 0.29) is 36.8 Å². The average molecular weight is 359 g/mol. The Morgan fingerprint density at radius 3 is 2.74 bits per heavy atom. The predicted octanol–water partition coefficient (Wildman–Crippen LogP) is 2.91. The highest BCUT2D eigenvalue weighted by atomic mass is 35.5. The van der Waals surface area contributed by atoms with Crippen molar-refractivity contribution in [3.05, 3.63) is 30.1 Å². The van der Waals surface area contributed by atoms with Gasteiger partial charge >= 0.3 is 0 Å². The fraction of sp³-hybridized carbons (Fsp3) is 0.500. The molecule has 1 saturated heterocycles. The maximum atomic E-state index is 12.3. The standard InChI is InChI=1S/C16H22N4O.2ClH/c1-3-19-13-8-5-4-7-12(13)18-15(19)14-9-6-10-20(14)16(21)11(2)17;;/h4-5,7-8,11,14H,3,6,9-10,17H2,1-2H3;2*1H/t11-,14?;;/m1../s1. The molecular formula is C16H24Cl2N4O. The number of likely N-dealkylation sites (tertiary alicyclic amines) is 1. The Bertz CT molecular complexity index is 671. The van der Waals surface area contributed by atoms with Gasteiger partial charge in [-0.3, -0.25) is 4.79 Å². The minimum absolute atomic E-state index is 0. The quantitative estimate of drug-likeness (QED) is 0.917. The topological polar surface area (TPSA) is 64.2 Å². The first kappa shape index (κ1) is 19.7. The summed E-state index contributed by atoms with van der Waals surface area (Å²) in [6.45, 7) is 5.50. The van der Waals surface area contributed by atoms with Crippen molar-refractivity contribution in [2.75, 3.05) is 6.54 Å². The van der Waals surface area contributed by atoms with Crippen LogP contribution < -0.4 is 5.73 Å². The van der Waals surface area contributed by atoms with Gasteiger partial charge in [0.15, 0.2) is 0 Å². The van der Waals surface area contributed by atoms with E-state index < -0.39 is 6.04 Å². The zero-order chi connectivity index (χ0) is 15.0. The van der Waals surface area contributed by atoms with Crippen molar-refractivity contribution in [2.24, 2.45) is 5.73 Å². The Morgan fingerprint density at radius 1 is 1.39 bits per heavy atom. The number of para-hydroxylation sites is 2. The molecule has 7 heteroatoms. The number of halogens is 2. The minimum atomic E-state index is -0.454. The molecule has 0 aliphatic carbocycles. The predicted molar refractivity (Wildman–Crippen MR) is 97.2 cm³/mol. The third-order valence-corrected chi connectivity index (χ3v) is 4.22. The molecule has 1 aromatic carbocycles. The highest BCUT2D eigenvalue weighted by molar-refractivity contribution is 5.85. The van der Waals surface area contributed by atoms with Gasteiger partial charge in [-0.1, -0.05) is 12.1 Å². The highest BCUT2D eigenvalue weighted by Crippen LogP contribution is 2.33. The molecule has 2 aromatic rings. The molecule has 23 heavy (non-hydrogen) atoms. The Morgan fingerprint density at radius 2 is 2.09 bits per heavy atom. The lowest BCUT2D eigenvalue weighted by atomic mass is 10.2. The van der Waals surface area contributed by atoms with Gasteiger partial charge in [-0.2, -0.15) is 0 Å². The van der Waals surface area contributed by atoms with Crippen LogP contribution in [0.3, 0.4) is 0 Å². The van der Waals surface area contributed by atoms with E-state index in [0.29, 0.717) is 0 Å². The number of imidazole rings is 1. The monoisotopic (exact) mass is 358 g/mol. The fourth-order valence-electron chi connectivity index (χ4n) is 3.24. The number of amides is 1. The van der Waals surface area contributed by atoms with Crippen molar-refractivity contribution in [2.45, 2.75) is 45.3 Å². The number of nitrogens with zero attached hydrogens (tertiary/aromatic N) is 3. The van der Waals surface area contributed by atoms with Crippen LogP contribution in [0.2, 0.25) is 0 Å². The van der Waals surface area contributed by atoms with Crippen LogP contribution in [-0.4, -0.2) is 32.9 Å². The number of benzene rings is 1. The zero-order valence-electron chi connectivity index (χ0n) is 13.4. The summed E-state index contributed by atoms with van der Waals surface area (Å²) < 4.78 is 2.22. The number of hydrogen-bond donors (Lipinski definition) is 1. The van der Waals surface area contributed by atoms with Crippen molar-refractivity contribution in [3.8, 4) is 0 Å².